The maximum Gasteiger partial charge on any atom is 0.345 e. The van der Waals surface area contributed by atoms with Crippen LogP contribution in [0.3, 0.4) is 0 Å². The lowest BCUT2D eigenvalue weighted by atomic mass is 10.1. The second-order valence-corrected chi connectivity index (χ2v) is 9.24. The van der Waals surface area contributed by atoms with Crippen molar-refractivity contribution in [2.45, 2.75) is 0 Å². The number of benzene rings is 2. The number of carbonyl (C=O) groups excluding carboxylic acids is 1. The number of nitrogens with zero attached hydrogens (tertiary/aromatic N) is 3. The van der Waals surface area contributed by atoms with Crippen LogP contribution >= 0.6 is 43.2 Å². The summed E-state index contributed by atoms with van der Waals surface area (Å²) in [7, 11) is 0. The van der Waals surface area contributed by atoms with Crippen LogP contribution in [0.5, 0.6) is 0 Å². The smallest absolute Gasteiger partial charge is 0.345 e. The Labute approximate surface area is 196 Å². The predicted molar refractivity (Wildman–Crippen MR) is 127 cm³/mol. The Morgan fingerprint density at radius 1 is 1.10 bits per heavy atom. The van der Waals surface area contributed by atoms with Crippen LogP contribution < -0.4 is 5.63 Å². The van der Waals surface area contributed by atoms with E-state index in [1.54, 1.807) is 22.3 Å². The first-order valence-corrected chi connectivity index (χ1v) is 11.5. The summed E-state index contributed by atoms with van der Waals surface area (Å²) < 4.78 is 8.62. The molecule has 0 fully saturated rings. The van der Waals surface area contributed by atoms with Crippen LogP contribution in [-0.2, 0) is 0 Å². The lowest BCUT2D eigenvalue weighted by Crippen LogP contribution is -2.03. The largest absolute Gasteiger partial charge is 0.421 e. The molecule has 0 saturated carbocycles. The number of carbonyl (C=O) groups is 1. The summed E-state index contributed by atoms with van der Waals surface area (Å²) in [4.78, 5) is 28.7. The number of thiazole rings is 1. The quantitative estimate of drug-likeness (QED) is 0.197. The molecule has 0 aliphatic carbocycles. The Bertz CT molecular complexity index is 1510. The third kappa shape index (κ3) is 3.69. The monoisotopic (exact) mass is 555 g/mol. The third-order valence-electron chi connectivity index (χ3n) is 4.63. The van der Waals surface area contributed by atoms with Gasteiger partial charge >= 0.3 is 5.63 Å². The van der Waals surface area contributed by atoms with Crippen LogP contribution in [0, 0.1) is 0 Å². The molecule has 0 saturated heterocycles. The van der Waals surface area contributed by atoms with E-state index in [0.29, 0.717) is 37.7 Å². The molecule has 152 valence electrons. The number of aromatic nitrogens is 3. The lowest BCUT2D eigenvalue weighted by Gasteiger charge is -2.03. The molecular formula is C22H11Br2N3O3S. The highest BCUT2D eigenvalue weighted by atomic mass is 79.9. The van der Waals surface area contributed by atoms with Crippen molar-refractivity contribution in [3.63, 3.8) is 0 Å². The summed E-state index contributed by atoms with van der Waals surface area (Å²) in [5, 5.41) is 7.61. The zero-order valence-electron chi connectivity index (χ0n) is 15.6. The minimum atomic E-state index is -0.480. The van der Waals surface area contributed by atoms with Gasteiger partial charge in [-0.25, -0.2) is 14.5 Å². The molecule has 0 N–H and O–H groups in total. The van der Waals surface area contributed by atoms with Gasteiger partial charge in [0.15, 0.2) is 11.9 Å². The summed E-state index contributed by atoms with van der Waals surface area (Å²) in [6.45, 7) is 0. The van der Waals surface area contributed by atoms with Gasteiger partial charge in [0.05, 0.1) is 21.3 Å². The number of rotatable bonds is 4. The molecule has 6 nitrogen and oxygen atoms in total. The molecule has 9 heteroatoms. The van der Waals surface area contributed by atoms with E-state index in [4.69, 9.17) is 4.42 Å². The van der Waals surface area contributed by atoms with Crippen molar-refractivity contribution < 1.29 is 9.21 Å². The summed E-state index contributed by atoms with van der Waals surface area (Å²) in [5.74, 6) is 0. The second-order valence-electron chi connectivity index (χ2n) is 6.63. The van der Waals surface area contributed by atoms with Crippen molar-refractivity contribution in [2.24, 2.45) is 0 Å². The van der Waals surface area contributed by atoms with Gasteiger partial charge in [0.2, 0.25) is 5.13 Å². The van der Waals surface area contributed by atoms with Crippen molar-refractivity contribution in [3.05, 3.63) is 85.0 Å². The second kappa shape index (κ2) is 7.99. The lowest BCUT2D eigenvalue weighted by molar-refractivity contribution is 0.112. The maximum absolute atomic E-state index is 12.6. The predicted octanol–water partition coefficient (Wildman–Crippen LogP) is 6.11. The molecule has 5 rings (SSSR count). The number of aldehydes is 1. The fourth-order valence-corrected chi connectivity index (χ4v) is 5.31. The van der Waals surface area contributed by atoms with Crippen molar-refractivity contribution in [1.29, 1.82) is 0 Å². The van der Waals surface area contributed by atoms with Crippen LogP contribution in [0.4, 0.5) is 0 Å². The Hall–Kier alpha value is -2.88. The van der Waals surface area contributed by atoms with Crippen molar-refractivity contribution in [1.82, 2.24) is 14.8 Å². The minimum Gasteiger partial charge on any atom is -0.421 e. The van der Waals surface area contributed by atoms with Gasteiger partial charge in [-0.1, -0.05) is 46.3 Å². The summed E-state index contributed by atoms with van der Waals surface area (Å²) in [5.41, 5.74) is 2.71. The molecule has 0 bridgehead atoms. The molecule has 31 heavy (non-hydrogen) atoms. The fraction of sp³-hybridized carbons (Fsp3) is 0. The van der Waals surface area contributed by atoms with E-state index in [2.05, 4.69) is 41.9 Å². The molecule has 2 aromatic carbocycles. The zero-order valence-corrected chi connectivity index (χ0v) is 19.6. The molecule has 0 spiro atoms. The first kappa shape index (κ1) is 20.0. The molecule has 0 aliphatic rings. The van der Waals surface area contributed by atoms with Gasteiger partial charge in [-0.15, -0.1) is 11.3 Å². The SMILES string of the molecule is O=Cc1cn(-c2nc(-c3cc4cc(Br)cc(Br)c4oc3=O)cs2)nc1-c1ccccc1. The third-order valence-corrected chi connectivity index (χ3v) is 6.51. The topological polar surface area (TPSA) is 78.0 Å². The highest BCUT2D eigenvalue weighted by Gasteiger charge is 2.17. The molecule has 0 atom stereocenters. The van der Waals surface area contributed by atoms with Crippen molar-refractivity contribution in [2.75, 3.05) is 0 Å². The standard InChI is InChI=1S/C22H11Br2N3O3S/c23-15-6-13-7-16(21(29)30-20(13)17(24)8-15)18-11-31-22(25-18)27-9-14(10-28)19(26-27)12-4-2-1-3-5-12/h1-11H. The maximum atomic E-state index is 12.6. The Morgan fingerprint density at radius 3 is 2.68 bits per heavy atom. The van der Waals surface area contributed by atoms with E-state index in [-0.39, 0.29) is 0 Å². The van der Waals surface area contributed by atoms with E-state index >= 15 is 0 Å². The fourth-order valence-electron chi connectivity index (χ4n) is 3.22. The summed E-state index contributed by atoms with van der Waals surface area (Å²) >= 11 is 8.19. The molecule has 5 aromatic rings. The average Bonchev–Trinajstić information content (AvgIpc) is 3.41. The van der Waals surface area contributed by atoms with Gasteiger partial charge in [-0.05, 0) is 34.1 Å². The van der Waals surface area contributed by atoms with Crippen molar-refractivity contribution in [3.8, 4) is 27.6 Å². The van der Waals surface area contributed by atoms with Gasteiger partial charge in [-0.3, -0.25) is 4.79 Å². The number of fused-ring (bicyclic) bond motifs is 1. The Morgan fingerprint density at radius 2 is 1.90 bits per heavy atom. The average molecular weight is 557 g/mol. The molecule has 3 aromatic heterocycles. The van der Waals surface area contributed by atoms with Gasteiger partial charge in [0, 0.05) is 27.0 Å². The Balaban J connectivity index is 1.58. The van der Waals surface area contributed by atoms with Crippen LogP contribution in [0.15, 0.2) is 78.3 Å². The van der Waals surface area contributed by atoms with Gasteiger partial charge in [0.1, 0.15) is 5.69 Å². The van der Waals surface area contributed by atoms with Crippen LogP contribution in [0.2, 0.25) is 0 Å². The minimum absolute atomic E-state index is 0.353. The van der Waals surface area contributed by atoms with E-state index in [9.17, 15) is 9.59 Å². The van der Waals surface area contributed by atoms with E-state index in [1.807, 2.05) is 42.5 Å². The zero-order chi connectivity index (χ0) is 21.5. The van der Waals surface area contributed by atoms with Crippen LogP contribution in [-0.4, -0.2) is 21.1 Å². The van der Waals surface area contributed by atoms with Gasteiger partial charge in [0.25, 0.3) is 0 Å². The van der Waals surface area contributed by atoms with Crippen LogP contribution in [0.1, 0.15) is 10.4 Å². The molecule has 0 unspecified atom stereocenters. The van der Waals surface area contributed by atoms with Gasteiger partial charge in [-0.2, -0.15) is 5.10 Å². The Kier molecular flexibility index (Phi) is 5.17. The number of halogens is 2. The van der Waals surface area contributed by atoms with E-state index < -0.39 is 5.63 Å². The first-order valence-electron chi connectivity index (χ1n) is 9.03. The molecule has 0 radical (unpaired) electrons. The summed E-state index contributed by atoms with van der Waals surface area (Å²) in [6, 6.07) is 14.9. The first-order chi connectivity index (χ1) is 15.0. The molecule has 3 heterocycles. The highest BCUT2D eigenvalue weighted by Crippen LogP contribution is 2.31. The molecule has 0 aliphatic heterocycles. The molecule has 0 amide bonds. The van der Waals surface area contributed by atoms with Gasteiger partial charge < -0.3 is 4.42 Å². The molecular weight excluding hydrogens is 546 g/mol. The summed E-state index contributed by atoms with van der Waals surface area (Å²) in [6.07, 6.45) is 2.41. The number of hydrogen-bond donors (Lipinski definition) is 0. The van der Waals surface area contributed by atoms with Crippen LogP contribution in [0.25, 0.3) is 38.6 Å². The normalized spacial score (nSPS) is 11.2. The van der Waals surface area contributed by atoms with E-state index in [0.717, 1.165) is 21.7 Å². The van der Waals surface area contributed by atoms with Crippen molar-refractivity contribution >= 4 is 60.5 Å². The number of hydrogen-bond acceptors (Lipinski definition) is 6. The highest BCUT2D eigenvalue weighted by molar-refractivity contribution is 9.11. The van der Waals surface area contributed by atoms with E-state index in [1.165, 1.54) is 11.3 Å².